The van der Waals surface area contributed by atoms with E-state index in [9.17, 15) is 4.79 Å². The lowest BCUT2D eigenvalue weighted by atomic mass is 10.3. The highest BCUT2D eigenvalue weighted by Crippen LogP contribution is 2.40. The molecule has 118 valence electrons. The fraction of sp³-hybridized carbons (Fsp3) is 0.385. The number of aromatic nitrogens is 5. The molecule has 0 aromatic carbocycles. The van der Waals surface area contributed by atoms with Crippen molar-refractivity contribution in [3.05, 3.63) is 28.3 Å². The van der Waals surface area contributed by atoms with Gasteiger partial charge in [0.2, 0.25) is 11.7 Å². The van der Waals surface area contributed by atoms with Crippen LogP contribution in [-0.4, -0.2) is 30.8 Å². The molecular weight excluding hydrogens is 320 g/mol. The molecule has 3 heterocycles. The van der Waals surface area contributed by atoms with Gasteiger partial charge in [0.1, 0.15) is 10.6 Å². The molecular formula is C13H12N6O3S. The Kier molecular flexibility index (Phi) is 3.37. The number of aryl methyl sites for hydroxylation is 1. The number of carbonyl (C=O) groups excluding carboxylic acids is 1. The standard InChI is InChI=1S/C13H12N6O3S/c1-6-11(23-19-16-6)13(20)14-5-10-15-12(18-22-10)8-4-9(21-17-8)7-2-3-7/h4,7H,2-3,5H2,1H3,(H,14,20). The van der Waals surface area contributed by atoms with Gasteiger partial charge in [-0.25, -0.2) is 0 Å². The summed E-state index contributed by atoms with van der Waals surface area (Å²) in [6, 6.07) is 1.83. The molecule has 0 bridgehead atoms. The Hall–Kier alpha value is -2.62. The summed E-state index contributed by atoms with van der Waals surface area (Å²) in [4.78, 5) is 16.6. The highest BCUT2D eigenvalue weighted by molar-refractivity contribution is 7.07. The van der Waals surface area contributed by atoms with Crippen LogP contribution in [0.1, 0.15) is 45.8 Å². The van der Waals surface area contributed by atoms with Gasteiger partial charge < -0.3 is 14.4 Å². The normalized spacial score (nSPS) is 14.1. The third-order valence-corrected chi connectivity index (χ3v) is 4.29. The summed E-state index contributed by atoms with van der Waals surface area (Å²) in [6.45, 7) is 1.85. The predicted octanol–water partition coefficient (Wildman–Crippen LogP) is 1.69. The van der Waals surface area contributed by atoms with Gasteiger partial charge in [0, 0.05) is 12.0 Å². The molecule has 1 aliphatic rings. The van der Waals surface area contributed by atoms with Crippen LogP contribution in [0.15, 0.2) is 15.1 Å². The Bertz CT molecular complexity index is 849. The van der Waals surface area contributed by atoms with Crippen LogP contribution in [0, 0.1) is 6.92 Å². The highest BCUT2D eigenvalue weighted by Gasteiger charge is 2.28. The van der Waals surface area contributed by atoms with E-state index in [4.69, 9.17) is 9.05 Å². The van der Waals surface area contributed by atoms with Crippen molar-refractivity contribution in [1.82, 2.24) is 30.2 Å². The lowest BCUT2D eigenvalue weighted by Gasteiger charge is -1.98. The minimum absolute atomic E-state index is 0.122. The van der Waals surface area contributed by atoms with Crippen LogP contribution in [0.3, 0.4) is 0 Å². The Balaban J connectivity index is 1.41. The molecule has 1 fully saturated rings. The lowest BCUT2D eigenvalue weighted by molar-refractivity contribution is 0.0949. The molecule has 9 nitrogen and oxygen atoms in total. The van der Waals surface area contributed by atoms with Crippen LogP contribution in [0.4, 0.5) is 0 Å². The molecule has 0 unspecified atom stereocenters. The van der Waals surface area contributed by atoms with Gasteiger partial charge >= 0.3 is 0 Å². The van der Waals surface area contributed by atoms with Crippen molar-refractivity contribution in [3.8, 4) is 11.5 Å². The number of hydrogen-bond donors (Lipinski definition) is 1. The van der Waals surface area contributed by atoms with Crippen LogP contribution in [0.2, 0.25) is 0 Å². The molecule has 3 aromatic heterocycles. The third-order valence-electron chi connectivity index (χ3n) is 3.46. The molecule has 23 heavy (non-hydrogen) atoms. The van der Waals surface area contributed by atoms with Gasteiger partial charge in [0.15, 0.2) is 5.69 Å². The molecule has 0 aliphatic heterocycles. The maximum absolute atomic E-state index is 12.0. The topological polar surface area (TPSA) is 120 Å². The smallest absolute Gasteiger partial charge is 0.265 e. The first-order chi connectivity index (χ1) is 11.2. The van der Waals surface area contributed by atoms with E-state index in [1.54, 1.807) is 6.92 Å². The van der Waals surface area contributed by atoms with E-state index >= 15 is 0 Å². The number of hydrogen-bond acceptors (Lipinski definition) is 9. The molecule has 1 saturated carbocycles. The first kappa shape index (κ1) is 14.0. The summed E-state index contributed by atoms with van der Waals surface area (Å²) in [5.74, 6) is 1.70. The molecule has 0 atom stereocenters. The van der Waals surface area contributed by atoms with Crippen molar-refractivity contribution in [2.24, 2.45) is 0 Å². The minimum Gasteiger partial charge on any atom is -0.360 e. The summed E-state index contributed by atoms with van der Waals surface area (Å²) >= 11 is 1.04. The number of amides is 1. The van der Waals surface area contributed by atoms with E-state index in [0.29, 0.717) is 33.9 Å². The number of nitrogens with one attached hydrogen (secondary N) is 1. The number of rotatable bonds is 5. The summed E-state index contributed by atoms with van der Waals surface area (Å²) in [7, 11) is 0. The van der Waals surface area contributed by atoms with Crippen LogP contribution in [0.25, 0.3) is 11.5 Å². The van der Waals surface area contributed by atoms with E-state index < -0.39 is 0 Å². The Labute approximate surface area is 134 Å². The van der Waals surface area contributed by atoms with Gasteiger partial charge in [-0.05, 0) is 31.3 Å². The molecule has 10 heteroatoms. The average molecular weight is 332 g/mol. The second-order valence-electron chi connectivity index (χ2n) is 5.27. The molecule has 4 rings (SSSR count). The fourth-order valence-corrected chi connectivity index (χ4v) is 2.63. The third kappa shape index (κ3) is 2.84. The summed E-state index contributed by atoms with van der Waals surface area (Å²) in [6.07, 6.45) is 2.26. The average Bonchev–Trinajstić information content (AvgIpc) is 2.96. The van der Waals surface area contributed by atoms with Crippen molar-refractivity contribution in [2.75, 3.05) is 0 Å². The molecule has 1 aliphatic carbocycles. The van der Waals surface area contributed by atoms with Gasteiger partial charge in [0.05, 0.1) is 12.2 Å². The highest BCUT2D eigenvalue weighted by atomic mass is 32.1. The zero-order valence-corrected chi connectivity index (χ0v) is 13.0. The Morgan fingerprint density at radius 2 is 2.26 bits per heavy atom. The van der Waals surface area contributed by atoms with Gasteiger partial charge in [0.25, 0.3) is 5.91 Å². The Morgan fingerprint density at radius 3 is 3.00 bits per heavy atom. The van der Waals surface area contributed by atoms with E-state index in [0.717, 1.165) is 30.1 Å². The second kappa shape index (κ2) is 5.54. The minimum atomic E-state index is -0.269. The zero-order chi connectivity index (χ0) is 15.8. The van der Waals surface area contributed by atoms with Crippen molar-refractivity contribution < 1.29 is 13.8 Å². The van der Waals surface area contributed by atoms with Crippen LogP contribution in [-0.2, 0) is 6.54 Å². The van der Waals surface area contributed by atoms with Crippen LogP contribution in [0.5, 0.6) is 0 Å². The zero-order valence-electron chi connectivity index (χ0n) is 12.1. The van der Waals surface area contributed by atoms with Gasteiger partial charge in [-0.15, -0.1) is 5.10 Å². The summed E-state index contributed by atoms with van der Waals surface area (Å²) in [5, 5.41) is 14.3. The van der Waals surface area contributed by atoms with Crippen molar-refractivity contribution in [2.45, 2.75) is 32.2 Å². The van der Waals surface area contributed by atoms with Crippen molar-refractivity contribution in [1.29, 1.82) is 0 Å². The SMILES string of the molecule is Cc1nnsc1C(=O)NCc1nc(-c2cc(C3CC3)on2)no1. The van der Waals surface area contributed by atoms with Crippen LogP contribution < -0.4 is 5.32 Å². The molecule has 1 amide bonds. The molecule has 0 radical (unpaired) electrons. The molecule has 3 aromatic rings. The molecule has 1 N–H and O–H groups in total. The van der Waals surface area contributed by atoms with Gasteiger partial charge in [-0.3, -0.25) is 4.79 Å². The number of nitrogens with zero attached hydrogens (tertiary/aromatic N) is 5. The van der Waals surface area contributed by atoms with Crippen molar-refractivity contribution in [3.63, 3.8) is 0 Å². The van der Waals surface area contributed by atoms with E-state index in [-0.39, 0.29) is 12.5 Å². The van der Waals surface area contributed by atoms with E-state index in [2.05, 4.69) is 30.2 Å². The van der Waals surface area contributed by atoms with Crippen LogP contribution >= 0.6 is 11.5 Å². The summed E-state index contributed by atoms with van der Waals surface area (Å²) < 4.78 is 14.1. The number of carbonyl (C=O) groups is 1. The first-order valence-electron chi connectivity index (χ1n) is 7.07. The molecule has 0 spiro atoms. The second-order valence-corrected chi connectivity index (χ2v) is 6.02. The lowest BCUT2D eigenvalue weighted by Crippen LogP contribution is -2.22. The van der Waals surface area contributed by atoms with E-state index in [1.165, 1.54) is 0 Å². The maximum Gasteiger partial charge on any atom is 0.265 e. The molecule has 0 saturated heterocycles. The Morgan fingerprint density at radius 1 is 1.39 bits per heavy atom. The predicted molar refractivity (Wildman–Crippen MR) is 77.6 cm³/mol. The first-order valence-corrected chi connectivity index (χ1v) is 7.85. The quantitative estimate of drug-likeness (QED) is 0.749. The largest absolute Gasteiger partial charge is 0.360 e. The summed E-state index contributed by atoms with van der Waals surface area (Å²) in [5.41, 5.74) is 1.13. The fourth-order valence-electron chi connectivity index (χ4n) is 2.06. The van der Waals surface area contributed by atoms with Gasteiger partial charge in [-0.2, -0.15) is 4.98 Å². The maximum atomic E-state index is 12.0. The van der Waals surface area contributed by atoms with E-state index in [1.807, 2.05) is 6.07 Å². The monoisotopic (exact) mass is 332 g/mol. The van der Waals surface area contributed by atoms with Crippen molar-refractivity contribution >= 4 is 17.4 Å². The van der Waals surface area contributed by atoms with Gasteiger partial charge in [-0.1, -0.05) is 14.8 Å².